The first-order chi connectivity index (χ1) is 12.5. The van der Waals surface area contributed by atoms with Gasteiger partial charge in [-0.25, -0.2) is 17.6 Å². The number of benzene rings is 1. The van der Waals surface area contributed by atoms with Gasteiger partial charge < -0.3 is 9.47 Å². The van der Waals surface area contributed by atoms with Crippen LogP contribution in [0.5, 0.6) is 0 Å². The number of carbonyl (C=O) groups is 2. The van der Waals surface area contributed by atoms with E-state index in [0.29, 0.717) is 0 Å². The summed E-state index contributed by atoms with van der Waals surface area (Å²) in [5, 5.41) is 8.64. The average molecular weight is 389 g/mol. The Morgan fingerprint density at radius 3 is 1.52 bits per heavy atom. The van der Waals surface area contributed by atoms with E-state index < -0.39 is 52.3 Å². The lowest BCUT2D eigenvalue weighted by molar-refractivity contribution is -0.159. The number of halogens is 4. The predicted octanol–water partition coefficient (Wildman–Crippen LogP) is 3.60. The smallest absolute Gasteiger partial charge is 0.325 e. The van der Waals surface area contributed by atoms with Crippen LogP contribution in [-0.2, 0) is 19.1 Å². The van der Waals surface area contributed by atoms with Gasteiger partial charge in [0.2, 0.25) is 0 Å². The van der Waals surface area contributed by atoms with Gasteiger partial charge in [-0.3, -0.25) is 9.59 Å². The number of nitriles is 1. The van der Waals surface area contributed by atoms with Gasteiger partial charge in [0.1, 0.15) is 11.6 Å². The van der Waals surface area contributed by atoms with E-state index in [1.54, 1.807) is 27.7 Å². The van der Waals surface area contributed by atoms with Crippen LogP contribution >= 0.6 is 0 Å². The second kappa shape index (κ2) is 9.35. The van der Waals surface area contributed by atoms with Crippen LogP contribution in [0, 0.1) is 46.4 Å². The summed E-state index contributed by atoms with van der Waals surface area (Å²) in [5.41, 5.74) is -3.00. The van der Waals surface area contributed by atoms with E-state index in [-0.39, 0.29) is 25.0 Å². The summed E-state index contributed by atoms with van der Waals surface area (Å²) < 4.78 is 66.1. The van der Waals surface area contributed by atoms with Crippen LogP contribution in [0.15, 0.2) is 0 Å². The van der Waals surface area contributed by atoms with E-state index in [2.05, 4.69) is 0 Å². The number of esters is 2. The Bertz CT molecular complexity index is 719. The van der Waals surface area contributed by atoms with E-state index in [0.717, 1.165) is 6.07 Å². The summed E-state index contributed by atoms with van der Waals surface area (Å²) >= 11 is 0. The first-order valence-electron chi connectivity index (χ1n) is 8.12. The van der Waals surface area contributed by atoms with Crippen LogP contribution in [0.3, 0.4) is 0 Å². The number of carbonyl (C=O) groups excluding carboxylic acids is 2. The lowest BCUT2D eigenvalue weighted by Crippen LogP contribution is -2.30. The molecule has 0 unspecified atom stereocenters. The number of hydrogen-bond acceptors (Lipinski definition) is 5. The number of ether oxygens (including phenoxy) is 2. The minimum absolute atomic E-state index is 0.176. The maximum atomic E-state index is 14.3. The van der Waals surface area contributed by atoms with Gasteiger partial charge in [0.15, 0.2) is 29.2 Å². The Labute approximate surface area is 153 Å². The van der Waals surface area contributed by atoms with Crippen LogP contribution in [0.1, 0.15) is 44.7 Å². The molecule has 0 aliphatic heterocycles. The number of rotatable bonds is 7. The Morgan fingerprint density at radius 2 is 1.22 bits per heavy atom. The topological polar surface area (TPSA) is 76.4 Å². The molecule has 0 saturated carbocycles. The van der Waals surface area contributed by atoms with Crippen molar-refractivity contribution in [1.82, 2.24) is 0 Å². The summed E-state index contributed by atoms with van der Waals surface area (Å²) in [7, 11) is 0. The van der Waals surface area contributed by atoms with E-state index >= 15 is 0 Å². The molecule has 0 heterocycles. The summed E-state index contributed by atoms with van der Waals surface area (Å²) in [6.07, 6.45) is 0. The average Bonchev–Trinajstić information content (AvgIpc) is 2.60. The minimum atomic E-state index is -2.38. The fourth-order valence-electron chi connectivity index (χ4n) is 2.00. The van der Waals surface area contributed by atoms with Gasteiger partial charge in [0, 0.05) is 0 Å². The second-order valence-electron chi connectivity index (χ2n) is 6.64. The van der Waals surface area contributed by atoms with Crippen molar-refractivity contribution in [2.75, 3.05) is 13.2 Å². The molecule has 148 valence electrons. The fraction of sp³-hybridized carbons (Fsp3) is 0.500. The number of hydrogen-bond donors (Lipinski definition) is 0. The van der Waals surface area contributed by atoms with Crippen LogP contribution in [-0.4, -0.2) is 25.2 Å². The first kappa shape index (κ1) is 22.4. The summed E-state index contributed by atoms with van der Waals surface area (Å²) in [4.78, 5) is 24.5. The highest BCUT2D eigenvalue weighted by atomic mass is 19.2. The second-order valence-corrected chi connectivity index (χ2v) is 6.64. The molecule has 0 fully saturated rings. The molecule has 1 rings (SSSR count). The van der Waals surface area contributed by atoms with Gasteiger partial charge in [-0.1, -0.05) is 27.7 Å². The zero-order valence-electron chi connectivity index (χ0n) is 15.2. The highest BCUT2D eigenvalue weighted by Crippen LogP contribution is 2.31. The number of nitrogens with zero attached hydrogens (tertiary/aromatic N) is 1. The fourth-order valence-corrected chi connectivity index (χ4v) is 2.00. The zero-order valence-corrected chi connectivity index (χ0v) is 15.2. The molecule has 0 amide bonds. The third-order valence-corrected chi connectivity index (χ3v) is 3.29. The van der Waals surface area contributed by atoms with Crippen molar-refractivity contribution < 1.29 is 36.6 Å². The highest BCUT2D eigenvalue weighted by molar-refractivity contribution is 6.01. The van der Waals surface area contributed by atoms with E-state index in [9.17, 15) is 27.2 Å². The molecule has 0 saturated heterocycles. The summed E-state index contributed by atoms with van der Waals surface area (Å²) in [6, 6.07) is 0.988. The van der Waals surface area contributed by atoms with Gasteiger partial charge in [-0.05, 0) is 11.8 Å². The molecular weight excluding hydrogens is 370 g/mol. The summed E-state index contributed by atoms with van der Waals surface area (Å²) in [6.45, 7) is 6.28. The van der Waals surface area contributed by atoms with Gasteiger partial charge in [-0.2, -0.15) is 5.26 Å². The van der Waals surface area contributed by atoms with Gasteiger partial charge >= 0.3 is 11.9 Å². The van der Waals surface area contributed by atoms with Crippen molar-refractivity contribution in [2.45, 2.75) is 33.6 Å². The maximum absolute atomic E-state index is 14.3. The zero-order chi connectivity index (χ0) is 20.9. The van der Waals surface area contributed by atoms with E-state index in [1.165, 1.54) is 0 Å². The van der Waals surface area contributed by atoms with Crippen LogP contribution in [0.25, 0.3) is 0 Å². The molecule has 1 aromatic carbocycles. The third kappa shape index (κ3) is 5.18. The minimum Gasteiger partial charge on any atom is -0.465 e. The molecular formula is C18H19F4NO4. The third-order valence-electron chi connectivity index (χ3n) is 3.29. The van der Waals surface area contributed by atoms with Gasteiger partial charge in [0.25, 0.3) is 0 Å². The molecule has 9 heteroatoms. The Morgan fingerprint density at radius 1 is 0.852 bits per heavy atom. The quantitative estimate of drug-likeness (QED) is 0.308. The van der Waals surface area contributed by atoms with Crippen LogP contribution < -0.4 is 0 Å². The lowest BCUT2D eigenvalue weighted by Gasteiger charge is -2.19. The van der Waals surface area contributed by atoms with Crippen LogP contribution in [0.4, 0.5) is 17.6 Å². The molecule has 0 N–H and O–H groups in total. The molecule has 0 aromatic heterocycles. The van der Waals surface area contributed by atoms with Crippen molar-refractivity contribution in [3.8, 4) is 6.07 Å². The predicted molar refractivity (Wildman–Crippen MR) is 85.3 cm³/mol. The standard InChI is InChI=1S/C18H19F4NO4/c1-8(2)6-26-17(24)12(18(25)27-7-9(3)4)11-15(21)13(19)10(5-23)14(20)16(11)22/h8-9,12H,6-7H2,1-4H3. The molecule has 0 bridgehead atoms. The van der Waals surface area contributed by atoms with Crippen molar-refractivity contribution in [3.05, 3.63) is 34.4 Å². The molecule has 1 aromatic rings. The highest BCUT2D eigenvalue weighted by Gasteiger charge is 2.40. The van der Waals surface area contributed by atoms with Crippen molar-refractivity contribution in [1.29, 1.82) is 5.26 Å². The van der Waals surface area contributed by atoms with Crippen molar-refractivity contribution in [2.24, 2.45) is 11.8 Å². The van der Waals surface area contributed by atoms with E-state index in [1.807, 2.05) is 0 Å². The Balaban J connectivity index is 3.49. The van der Waals surface area contributed by atoms with Crippen molar-refractivity contribution in [3.63, 3.8) is 0 Å². The molecule has 0 spiro atoms. The Hall–Kier alpha value is -2.63. The van der Waals surface area contributed by atoms with Crippen LogP contribution in [0.2, 0.25) is 0 Å². The molecule has 0 aliphatic rings. The summed E-state index contributed by atoms with van der Waals surface area (Å²) in [5.74, 6) is -13.6. The lowest BCUT2D eigenvalue weighted by atomic mass is 9.95. The molecule has 5 nitrogen and oxygen atoms in total. The van der Waals surface area contributed by atoms with Gasteiger partial charge in [-0.15, -0.1) is 0 Å². The SMILES string of the molecule is CC(C)COC(=O)C(C(=O)OCC(C)C)c1c(F)c(F)c(C#N)c(F)c1F. The molecule has 0 radical (unpaired) electrons. The van der Waals surface area contributed by atoms with Crippen molar-refractivity contribution >= 4 is 11.9 Å². The largest absolute Gasteiger partial charge is 0.465 e. The Kier molecular flexibility index (Phi) is 7.76. The normalized spacial score (nSPS) is 11.0. The van der Waals surface area contributed by atoms with E-state index in [4.69, 9.17) is 14.7 Å². The van der Waals surface area contributed by atoms with Gasteiger partial charge in [0.05, 0.1) is 18.8 Å². The molecule has 0 atom stereocenters. The monoisotopic (exact) mass is 389 g/mol. The molecule has 27 heavy (non-hydrogen) atoms. The maximum Gasteiger partial charge on any atom is 0.325 e. The molecule has 0 aliphatic carbocycles. The first-order valence-corrected chi connectivity index (χ1v) is 8.12.